The highest BCUT2D eigenvalue weighted by Crippen LogP contribution is 2.23. The maximum atomic E-state index is 3.56. The fourth-order valence-electron chi connectivity index (χ4n) is 2.53. The van der Waals surface area contributed by atoms with Gasteiger partial charge in [0.15, 0.2) is 0 Å². The first-order chi connectivity index (χ1) is 7.66. The van der Waals surface area contributed by atoms with Crippen molar-refractivity contribution in [1.29, 1.82) is 0 Å². The fraction of sp³-hybridized carbons (Fsp3) is 0.571. The second-order valence-electron chi connectivity index (χ2n) is 4.85. The van der Waals surface area contributed by atoms with Crippen LogP contribution in [0.15, 0.2) is 16.6 Å². The number of rotatable bonds is 2. The molecule has 1 aliphatic heterocycles. The first-order valence-corrected chi connectivity index (χ1v) is 6.94. The molecule has 1 aromatic rings. The lowest BCUT2D eigenvalue weighted by atomic mass is 10.0. The Morgan fingerprint density at radius 3 is 2.19 bits per heavy atom. The van der Waals surface area contributed by atoms with Gasteiger partial charge in [-0.15, -0.1) is 0 Å². The lowest BCUT2D eigenvalue weighted by Crippen LogP contribution is -2.29. The van der Waals surface area contributed by atoms with E-state index in [1.807, 2.05) is 0 Å². The molecule has 0 amide bonds. The molecule has 0 aliphatic carbocycles. The van der Waals surface area contributed by atoms with Crippen molar-refractivity contribution in [3.8, 4) is 0 Å². The summed E-state index contributed by atoms with van der Waals surface area (Å²) in [5, 5.41) is 0. The summed E-state index contributed by atoms with van der Waals surface area (Å²) in [4.78, 5) is 2.59. The summed E-state index contributed by atoms with van der Waals surface area (Å²) in [5.41, 5.74) is 4.35. The third-order valence-electron chi connectivity index (χ3n) is 3.49. The number of likely N-dealkylation sites (tertiary alicyclic amines) is 1. The topological polar surface area (TPSA) is 3.24 Å². The summed E-state index contributed by atoms with van der Waals surface area (Å²) in [6.07, 6.45) is 4.15. The van der Waals surface area contributed by atoms with Crippen molar-refractivity contribution < 1.29 is 0 Å². The molecular weight excluding hydrogens is 262 g/mol. The molecular formula is C14H20BrN. The van der Waals surface area contributed by atoms with Gasteiger partial charge in [-0.05, 0) is 68.6 Å². The number of hydrogen-bond acceptors (Lipinski definition) is 1. The average molecular weight is 282 g/mol. The highest BCUT2D eigenvalue weighted by atomic mass is 79.9. The van der Waals surface area contributed by atoms with Gasteiger partial charge in [-0.2, -0.15) is 0 Å². The van der Waals surface area contributed by atoms with Crippen LogP contribution >= 0.6 is 15.9 Å². The highest BCUT2D eigenvalue weighted by Gasteiger charge is 2.13. The molecule has 0 radical (unpaired) electrons. The van der Waals surface area contributed by atoms with E-state index in [1.165, 1.54) is 53.5 Å². The fourth-order valence-corrected chi connectivity index (χ4v) is 3.22. The summed E-state index contributed by atoms with van der Waals surface area (Å²) >= 11 is 3.56. The third kappa shape index (κ3) is 2.86. The molecule has 1 heterocycles. The van der Waals surface area contributed by atoms with Gasteiger partial charge >= 0.3 is 0 Å². The summed E-state index contributed by atoms with van der Waals surface area (Å²) in [6, 6.07) is 4.46. The molecule has 88 valence electrons. The van der Waals surface area contributed by atoms with E-state index in [0.29, 0.717) is 0 Å². The van der Waals surface area contributed by atoms with Crippen molar-refractivity contribution in [2.24, 2.45) is 0 Å². The van der Waals surface area contributed by atoms with E-state index in [4.69, 9.17) is 0 Å². The average Bonchev–Trinajstić information content (AvgIpc) is 2.25. The minimum Gasteiger partial charge on any atom is -0.299 e. The molecule has 1 fully saturated rings. The zero-order valence-corrected chi connectivity index (χ0v) is 11.8. The third-order valence-corrected chi connectivity index (χ3v) is 3.95. The Morgan fingerprint density at radius 2 is 1.62 bits per heavy atom. The van der Waals surface area contributed by atoms with Gasteiger partial charge in [-0.1, -0.05) is 22.4 Å². The smallest absolute Gasteiger partial charge is 0.0239 e. The Balaban J connectivity index is 2.14. The van der Waals surface area contributed by atoms with E-state index in [1.54, 1.807) is 0 Å². The molecule has 1 saturated heterocycles. The number of nitrogens with zero attached hydrogens (tertiary/aromatic N) is 1. The predicted molar refractivity (Wildman–Crippen MR) is 72.7 cm³/mol. The van der Waals surface area contributed by atoms with Crippen LogP contribution in [0.3, 0.4) is 0 Å². The molecule has 0 saturated carbocycles. The van der Waals surface area contributed by atoms with Crippen LogP contribution in [-0.2, 0) is 6.54 Å². The Labute approximate surface area is 107 Å². The van der Waals surface area contributed by atoms with Crippen molar-refractivity contribution >= 4 is 15.9 Å². The van der Waals surface area contributed by atoms with Crippen LogP contribution in [-0.4, -0.2) is 18.0 Å². The van der Waals surface area contributed by atoms with Gasteiger partial charge in [-0.25, -0.2) is 0 Å². The van der Waals surface area contributed by atoms with Crippen molar-refractivity contribution in [3.63, 3.8) is 0 Å². The number of halogens is 1. The van der Waals surface area contributed by atoms with Crippen LogP contribution in [0.1, 0.15) is 36.0 Å². The van der Waals surface area contributed by atoms with Crippen molar-refractivity contribution in [2.45, 2.75) is 39.7 Å². The Bertz CT molecular complexity index is 344. The van der Waals surface area contributed by atoms with Gasteiger partial charge in [0.2, 0.25) is 0 Å². The van der Waals surface area contributed by atoms with Crippen LogP contribution in [0, 0.1) is 13.8 Å². The number of benzene rings is 1. The maximum absolute atomic E-state index is 3.56. The molecule has 16 heavy (non-hydrogen) atoms. The van der Waals surface area contributed by atoms with Gasteiger partial charge in [0, 0.05) is 11.0 Å². The molecule has 0 aromatic heterocycles. The largest absolute Gasteiger partial charge is 0.299 e. The second kappa shape index (κ2) is 5.33. The molecule has 1 aromatic carbocycles. The van der Waals surface area contributed by atoms with E-state index in [2.05, 4.69) is 46.8 Å². The van der Waals surface area contributed by atoms with Crippen LogP contribution in [0.2, 0.25) is 0 Å². The first-order valence-electron chi connectivity index (χ1n) is 6.15. The zero-order valence-electron chi connectivity index (χ0n) is 10.2. The lowest BCUT2D eigenvalue weighted by Gasteiger charge is -2.27. The predicted octanol–water partition coefficient (Wildman–Crippen LogP) is 4.05. The lowest BCUT2D eigenvalue weighted by molar-refractivity contribution is 0.220. The van der Waals surface area contributed by atoms with E-state index < -0.39 is 0 Å². The maximum Gasteiger partial charge on any atom is 0.0239 e. The minimum atomic E-state index is 1.13. The normalized spacial score (nSPS) is 17.7. The highest BCUT2D eigenvalue weighted by molar-refractivity contribution is 9.10. The summed E-state index contributed by atoms with van der Waals surface area (Å²) in [5.74, 6) is 0. The van der Waals surface area contributed by atoms with Crippen LogP contribution in [0.5, 0.6) is 0 Å². The minimum absolute atomic E-state index is 1.13. The van der Waals surface area contributed by atoms with Crippen molar-refractivity contribution in [2.75, 3.05) is 13.1 Å². The van der Waals surface area contributed by atoms with Gasteiger partial charge < -0.3 is 0 Å². The quantitative estimate of drug-likeness (QED) is 0.791. The van der Waals surface area contributed by atoms with Crippen molar-refractivity contribution in [1.82, 2.24) is 4.90 Å². The summed E-state index contributed by atoms with van der Waals surface area (Å²) < 4.78 is 1.20. The van der Waals surface area contributed by atoms with Gasteiger partial charge in [0.05, 0.1) is 0 Å². The molecule has 1 nitrogen and oxygen atoms in total. The van der Waals surface area contributed by atoms with Gasteiger partial charge in [0.25, 0.3) is 0 Å². The Hall–Kier alpha value is -0.340. The van der Waals surface area contributed by atoms with E-state index in [-0.39, 0.29) is 0 Å². The summed E-state index contributed by atoms with van der Waals surface area (Å²) in [6.45, 7) is 8.11. The number of hydrogen-bond donors (Lipinski definition) is 0. The van der Waals surface area contributed by atoms with Gasteiger partial charge in [0.1, 0.15) is 0 Å². The second-order valence-corrected chi connectivity index (χ2v) is 5.77. The SMILES string of the molecule is Cc1cc(Br)cc(C)c1CN1CCCCC1. The molecule has 2 heteroatoms. The van der Waals surface area contributed by atoms with Crippen LogP contribution < -0.4 is 0 Å². The Morgan fingerprint density at radius 1 is 1.06 bits per heavy atom. The monoisotopic (exact) mass is 281 g/mol. The van der Waals surface area contributed by atoms with Crippen LogP contribution in [0.4, 0.5) is 0 Å². The molecule has 0 unspecified atom stereocenters. The molecule has 2 rings (SSSR count). The number of aryl methyl sites for hydroxylation is 2. The standard InChI is InChI=1S/C14H20BrN/c1-11-8-13(15)9-12(2)14(11)10-16-6-4-3-5-7-16/h8-9H,3-7,10H2,1-2H3. The first kappa shape index (κ1) is 12.1. The molecule has 1 aliphatic rings. The number of piperidine rings is 1. The molecule has 0 N–H and O–H groups in total. The molecule has 0 bridgehead atoms. The van der Waals surface area contributed by atoms with E-state index in [0.717, 1.165) is 6.54 Å². The zero-order chi connectivity index (χ0) is 11.5. The van der Waals surface area contributed by atoms with Crippen molar-refractivity contribution in [3.05, 3.63) is 33.3 Å². The Kier molecular flexibility index (Phi) is 4.04. The molecule has 0 atom stereocenters. The van der Waals surface area contributed by atoms with E-state index >= 15 is 0 Å². The van der Waals surface area contributed by atoms with E-state index in [9.17, 15) is 0 Å². The molecule has 0 spiro atoms. The van der Waals surface area contributed by atoms with Gasteiger partial charge in [-0.3, -0.25) is 4.90 Å². The summed E-state index contributed by atoms with van der Waals surface area (Å²) in [7, 11) is 0. The van der Waals surface area contributed by atoms with Crippen LogP contribution in [0.25, 0.3) is 0 Å².